The lowest BCUT2D eigenvalue weighted by molar-refractivity contribution is -0.120. The summed E-state index contributed by atoms with van der Waals surface area (Å²) < 4.78 is 0. The Hall–Kier alpha value is -2.14. The van der Waals surface area contributed by atoms with Gasteiger partial charge in [0.1, 0.15) is 10.6 Å². The van der Waals surface area contributed by atoms with Crippen molar-refractivity contribution in [1.82, 2.24) is 0 Å². The number of aryl methyl sites for hydroxylation is 2. The zero-order chi connectivity index (χ0) is 18.8. The van der Waals surface area contributed by atoms with Crippen LogP contribution in [0, 0.1) is 5.92 Å². The predicted molar refractivity (Wildman–Crippen MR) is 109 cm³/mol. The molecule has 1 fully saturated rings. The Morgan fingerprint density at radius 3 is 2.48 bits per heavy atom. The maximum atomic E-state index is 12.6. The maximum Gasteiger partial charge on any atom is 0.339 e. The molecule has 4 nitrogen and oxygen atoms in total. The van der Waals surface area contributed by atoms with Crippen LogP contribution >= 0.6 is 11.3 Å². The van der Waals surface area contributed by atoms with E-state index in [1.165, 1.54) is 41.7 Å². The number of fused-ring (bicyclic) bond motifs is 1. The SMILES string of the molecule is O=C(O)c1c(-c2ccc3c(c2)CCCC3)csc1NC(=O)C1CCCCC1. The first-order valence-corrected chi connectivity index (χ1v) is 10.8. The van der Waals surface area contributed by atoms with Gasteiger partial charge in [-0.3, -0.25) is 4.79 Å². The summed E-state index contributed by atoms with van der Waals surface area (Å²) >= 11 is 1.32. The molecular formula is C22H25NO3S. The first kappa shape index (κ1) is 18.2. The minimum atomic E-state index is -0.983. The van der Waals surface area contributed by atoms with E-state index in [2.05, 4.69) is 17.4 Å². The van der Waals surface area contributed by atoms with E-state index in [9.17, 15) is 14.7 Å². The molecule has 27 heavy (non-hydrogen) atoms. The number of anilines is 1. The number of carboxylic acids is 1. The van der Waals surface area contributed by atoms with Gasteiger partial charge in [-0.1, -0.05) is 37.5 Å². The highest BCUT2D eigenvalue weighted by Gasteiger charge is 2.26. The molecule has 2 aliphatic carbocycles. The van der Waals surface area contributed by atoms with Gasteiger partial charge in [0.05, 0.1) is 0 Å². The molecule has 2 aromatic rings. The van der Waals surface area contributed by atoms with Crippen LogP contribution in [0.25, 0.3) is 11.1 Å². The van der Waals surface area contributed by atoms with Gasteiger partial charge in [0.25, 0.3) is 0 Å². The molecule has 2 N–H and O–H groups in total. The van der Waals surface area contributed by atoms with E-state index in [0.29, 0.717) is 10.6 Å². The molecule has 5 heteroatoms. The number of carboxylic acid groups (broad SMARTS) is 1. The van der Waals surface area contributed by atoms with Crippen molar-refractivity contribution in [3.8, 4) is 11.1 Å². The van der Waals surface area contributed by atoms with Gasteiger partial charge in [0, 0.05) is 16.9 Å². The lowest BCUT2D eigenvalue weighted by Crippen LogP contribution is -2.25. The maximum absolute atomic E-state index is 12.6. The van der Waals surface area contributed by atoms with Gasteiger partial charge in [0.15, 0.2) is 0 Å². The molecule has 1 amide bonds. The first-order valence-electron chi connectivity index (χ1n) is 9.91. The van der Waals surface area contributed by atoms with E-state index in [-0.39, 0.29) is 17.4 Å². The van der Waals surface area contributed by atoms with Crippen LogP contribution in [-0.4, -0.2) is 17.0 Å². The van der Waals surface area contributed by atoms with Crippen LogP contribution in [0.5, 0.6) is 0 Å². The zero-order valence-corrected chi connectivity index (χ0v) is 16.2. The fraction of sp³-hybridized carbons (Fsp3) is 0.455. The van der Waals surface area contributed by atoms with Crippen molar-refractivity contribution in [2.45, 2.75) is 57.8 Å². The van der Waals surface area contributed by atoms with Crippen LogP contribution < -0.4 is 5.32 Å². The van der Waals surface area contributed by atoms with Crippen molar-refractivity contribution in [3.63, 3.8) is 0 Å². The molecule has 1 saturated carbocycles. The summed E-state index contributed by atoms with van der Waals surface area (Å²) in [6, 6.07) is 6.29. The Bertz CT molecular complexity index is 864. The van der Waals surface area contributed by atoms with Crippen molar-refractivity contribution in [3.05, 3.63) is 40.3 Å². The minimum Gasteiger partial charge on any atom is -0.478 e. The number of carbonyl (C=O) groups is 2. The Balaban J connectivity index is 1.63. The zero-order valence-electron chi connectivity index (χ0n) is 15.4. The first-order chi connectivity index (χ1) is 13.1. The number of amides is 1. The fourth-order valence-corrected chi connectivity index (χ4v) is 5.32. The number of thiophene rings is 1. The van der Waals surface area contributed by atoms with E-state index < -0.39 is 5.97 Å². The van der Waals surface area contributed by atoms with Crippen molar-refractivity contribution < 1.29 is 14.7 Å². The van der Waals surface area contributed by atoms with Crippen LogP contribution in [0.15, 0.2) is 23.6 Å². The smallest absolute Gasteiger partial charge is 0.339 e. The topological polar surface area (TPSA) is 66.4 Å². The second-order valence-corrected chi connectivity index (χ2v) is 8.55. The molecule has 0 spiro atoms. The van der Waals surface area contributed by atoms with Crippen molar-refractivity contribution in [2.75, 3.05) is 5.32 Å². The van der Waals surface area contributed by atoms with Crippen LogP contribution in [0.2, 0.25) is 0 Å². The number of carbonyl (C=O) groups excluding carboxylic acids is 1. The minimum absolute atomic E-state index is 0.00897. The van der Waals surface area contributed by atoms with E-state index in [1.807, 2.05) is 11.4 Å². The molecular weight excluding hydrogens is 358 g/mol. The molecule has 0 radical (unpaired) electrons. The molecule has 1 aromatic heterocycles. The molecule has 4 rings (SSSR count). The van der Waals surface area contributed by atoms with E-state index >= 15 is 0 Å². The third-order valence-electron chi connectivity index (χ3n) is 5.88. The Labute approximate surface area is 163 Å². The average molecular weight is 384 g/mol. The summed E-state index contributed by atoms with van der Waals surface area (Å²) in [6.45, 7) is 0. The van der Waals surface area contributed by atoms with Crippen LogP contribution in [0.1, 0.15) is 66.4 Å². The van der Waals surface area contributed by atoms with Gasteiger partial charge in [-0.05, 0) is 55.2 Å². The van der Waals surface area contributed by atoms with Crippen molar-refractivity contribution >= 4 is 28.2 Å². The standard InChI is InChI=1S/C22H25NO3S/c24-20(15-7-2-1-3-8-15)23-21-19(22(25)26)18(13-27-21)17-11-10-14-6-4-5-9-16(14)12-17/h10-13,15H,1-9H2,(H,23,24)(H,25,26). The largest absolute Gasteiger partial charge is 0.478 e. The van der Waals surface area contributed by atoms with Gasteiger partial charge in [-0.15, -0.1) is 11.3 Å². The van der Waals surface area contributed by atoms with Gasteiger partial charge in [0.2, 0.25) is 5.91 Å². The second-order valence-electron chi connectivity index (χ2n) is 7.67. The average Bonchev–Trinajstić information content (AvgIpc) is 3.12. The molecule has 0 saturated heterocycles. The van der Waals surface area contributed by atoms with E-state index in [1.54, 1.807) is 0 Å². The highest BCUT2D eigenvalue weighted by atomic mass is 32.1. The van der Waals surface area contributed by atoms with Crippen LogP contribution in [0.4, 0.5) is 5.00 Å². The third kappa shape index (κ3) is 3.79. The van der Waals surface area contributed by atoms with Crippen LogP contribution in [0.3, 0.4) is 0 Å². The highest BCUT2D eigenvalue weighted by molar-refractivity contribution is 7.15. The molecule has 0 unspecified atom stereocenters. The van der Waals surface area contributed by atoms with Gasteiger partial charge < -0.3 is 10.4 Å². The number of benzene rings is 1. The quantitative estimate of drug-likeness (QED) is 0.731. The Morgan fingerprint density at radius 1 is 1.00 bits per heavy atom. The van der Waals surface area contributed by atoms with Crippen LogP contribution in [-0.2, 0) is 17.6 Å². The number of hydrogen-bond donors (Lipinski definition) is 2. The molecule has 2 aliphatic rings. The van der Waals surface area contributed by atoms with Gasteiger partial charge >= 0.3 is 5.97 Å². The Morgan fingerprint density at radius 2 is 1.74 bits per heavy atom. The summed E-state index contributed by atoms with van der Waals surface area (Å²) in [5.41, 5.74) is 4.57. The summed E-state index contributed by atoms with van der Waals surface area (Å²) in [7, 11) is 0. The second kappa shape index (κ2) is 7.85. The number of rotatable bonds is 4. The molecule has 1 heterocycles. The predicted octanol–water partition coefficient (Wildman–Crippen LogP) is 5.51. The molecule has 0 bridgehead atoms. The normalized spacial score (nSPS) is 17.3. The summed E-state index contributed by atoms with van der Waals surface area (Å²) in [5, 5.41) is 15.1. The van der Waals surface area contributed by atoms with Crippen molar-refractivity contribution in [2.24, 2.45) is 5.92 Å². The molecule has 0 atom stereocenters. The fourth-order valence-electron chi connectivity index (χ4n) is 4.35. The molecule has 142 valence electrons. The lowest BCUT2D eigenvalue weighted by Gasteiger charge is -2.20. The number of nitrogens with one attached hydrogen (secondary N) is 1. The monoisotopic (exact) mass is 383 g/mol. The van der Waals surface area contributed by atoms with Crippen molar-refractivity contribution in [1.29, 1.82) is 0 Å². The molecule has 0 aliphatic heterocycles. The third-order valence-corrected chi connectivity index (χ3v) is 6.77. The van der Waals surface area contributed by atoms with E-state index in [4.69, 9.17) is 0 Å². The molecule has 1 aromatic carbocycles. The summed E-state index contributed by atoms with van der Waals surface area (Å²) in [4.78, 5) is 24.6. The lowest BCUT2D eigenvalue weighted by atomic mass is 9.88. The highest BCUT2D eigenvalue weighted by Crippen LogP contribution is 2.38. The summed E-state index contributed by atoms with van der Waals surface area (Å²) in [5.74, 6) is -1.01. The van der Waals surface area contributed by atoms with Gasteiger partial charge in [-0.25, -0.2) is 4.79 Å². The number of aromatic carboxylic acids is 1. The number of hydrogen-bond acceptors (Lipinski definition) is 3. The summed E-state index contributed by atoms with van der Waals surface area (Å²) in [6.07, 6.45) is 9.72. The van der Waals surface area contributed by atoms with E-state index in [0.717, 1.165) is 44.1 Å². The Kier molecular flexibility index (Phi) is 5.30. The van der Waals surface area contributed by atoms with Gasteiger partial charge in [-0.2, -0.15) is 0 Å².